The van der Waals surface area contributed by atoms with Crippen LogP contribution in [0.15, 0.2) is 66.9 Å². The highest BCUT2D eigenvalue weighted by atomic mass is 16.5. The van der Waals surface area contributed by atoms with Gasteiger partial charge in [0.25, 0.3) is 0 Å². The molecule has 3 rings (SSSR count). The molecule has 4 atom stereocenters. The molecule has 2 heterocycles. The fourth-order valence-electron chi connectivity index (χ4n) is 3.35. The van der Waals surface area contributed by atoms with Gasteiger partial charge in [-0.3, -0.25) is 14.6 Å². The van der Waals surface area contributed by atoms with Crippen molar-refractivity contribution in [1.82, 2.24) is 15.6 Å². The molecule has 30 heavy (non-hydrogen) atoms. The molecule has 0 saturated carbocycles. The Kier molecular flexibility index (Phi) is 7.70. The van der Waals surface area contributed by atoms with Crippen molar-refractivity contribution in [1.29, 1.82) is 0 Å². The predicted molar refractivity (Wildman–Crippen MR) is 112 cm³/mol. The maximum Gasteiger partial charge on any atom is 0.226 e. The number of aliphatic hydroxyl groups is 1. The second kappa shape index (κ2) is 10.7. The summed E-state index contributed by atoms with van der Waals surface area (Å²) in [5, 5.41) is 15.5. The summed E-state index contributed by atoms with van der Waals surface area (Å²) in [4.78, 5) is 28.8. The van der Waals surface area contributed by atoms with Gasteiger partial charge >= 0.3 is 0 Å². The summed E-state index contributed by atoms with van der Waals surface area (Å²) in [6.45, 7) is 1.66. The average molecular weight is 409 g/mol. The number of hydrogen-bond acceptors (Lipinski definition) is 5. The summed E-state index contributed by atoms with van der Waals surface area (Å²) in [7, 11) is 0. The first-order valence-corrected chi connectivity index (χ1v) is 10.0. The Hall–Kier alpha value is -3.03. The standard InChI is InChI=1S/C23H27N3O4/c1-16(17-7-3-2-4-8-17)25-23(29)14-19-10-11-20(21(15-27)30-19)26-22(28)13-18-9-5-6-12-24-18/h2-12,16,19-21,27H,13-15H2,1H3,(H,25,29)(H,26,28)/t16-,19+,20+,21+/m1/s1. The monoisotopic (exact) mass is 409 g/mol. The van der Waals surface area contributed by atoms with E-state index in [1.165, 1.54) is 0 Å². The van der Waals surface area contributed by atoms with E-state index in [9.17, 15) is 14.7 Å². The van der Waals surface area contributed by atoms with Crippen LogP contribution in [0.3, 0.4) is 0 Å². The SMILES string of the molecule is C[C@@H](NC(=O)C[C@@H]1C=C[C@H](NC(=O)Cc2ccccn2)[C@H](CO)O1)c1ccccc1. The summed E-state index contributed by atoms with van der Waals surface area (Å²) < 4.78 is 5.83. The molecule has 1 aromatic heterocycles. The van der Waals surface area contributed by atoms with Gasteiger partial charge in [0.1, 0.15) is 6.10 Å². The number of aromatic nitrogens is 1. The molecule has 1 aliphatic heterocycles. The van der Waals surface area contributed by atoms with Crippen LogP contribution >= 0.6 is 0 Å². The Bertz CT molecular complexity index is 857. The molecule has 0 radical (unpaired) electrons. The van der Waals surface area contributed by atoms with Crippen LogP contribution in [0, 0.1) is 0 Å². The van der Waals surface area contributed by atoms with Crippen LogP contribution in [0.2, 0.25) is 0 Å². The minimum Gasteiger partial charge on any atom is -0.394 e. The van der Waals surface area contributed by atoms with Gasteiger partial charge in [-0.1, -0.05) is 48.6 Å². The third-order valence-corrected chi connectivity index (χ3v) is 4.92. The molecule has 0 spiro atoms. The molecule has 7 heteroatoms. The average Bonchev–Trinajstić information content (AvgIpc) is 2.76. The molecule has 0 unspecified atom stereocenters. The first kappa shape index (κ1) is 21.7. The zero-order valence-electron chi connectivity index (χ0n) is 16.9. The number of nitrogens with zero attached hydrogens (tertiary/aromatic N) is 1. The Balaban J connectivity index is 1.51. The summed E-state index contributed by atoms with van der Waals surface area (Å²) in [6.07, 6.45) is 4.37. The number of amides is 2. The molecule has 2 amide bonds. The first-order valence-electron chi connectivity index (χ1n) is 10.0. The van der Waals surface area contributed by atoms with Crippen molar-refractivity contribution in [2.45, 2.75) is 44.1 Å². The van der Waals surface area contributed by atoms with Gasteiger partial charge in [-0.25, -0.2) is 0 Å². The lowest BCUT2D eigenvalue weighted by atomic mass is 10.0. The van der Waals surface area contributed by atoms with Gasteiger partial charge in [0.2, 0.25) is 11.8 Å². The minimum absolute atomic E-state index is 0.112. The molecule has 7 nitrogen and oxygen atoms in total. The Morgan fingerprint density at radius 2 is 1.87 bits per heavy atom. The van der Waals surface area contributed by atoms with Crippen LogP contribution in [0.5, 0.6) is 0 Å². The van der Waals surface area contributed by atoms with E-state index in [1.807, 2.05) is 43.3 Å². The number of nitrogens with one attached hydrogen (secondary N) is 2. The number of aliphatic hydroxyl groups excluding tert-OH is 1. The van der Waals surface area contributed by atoms with Crippen LogP contribution in [0.25, 0.3) is 0 Å². The normalized spacial score (nSPS) is 21.6. The summed E-state index contributed by atoms with van der Waals surface area (Å²) >= 11 is 0. The van der Waals surface area contributed by atoms with Crippen LogP contribution in [-0.2, 0) is 20.7 Å². The van der Waals surface area contributed by atoms with Crippen molar-refractivity contribution in [2.75, 3.05) is 6.61 Å². The van der Waals surface area contributed by atoms with E-state index in [0.29, 0.717) is 5.69 Å². The van der Waals surface area contributed by atoms with E-state index < -0.39 is 18.2 Å². The molecule has 2 aromatic rings. The highest BCUT2D eigenvalue weighted by Crippen LogP contribution is 2.17. The summed E-state index contributed by atoms with van der Waals surface area (Å²) in [6, 6.07) is 14.5. The number of hydrogen-bond donors (Lipinski definition) is 3. The fourth-order valence-corrected chi connectivity index (χ4v) is 3.35. The Labute approximate surface area is 176 Å². The molecule has 158 valence electrons. The molecule has 3 N–H and O–H groups in total. The van der Waals surface area contributed by atoms with E-state index >= 15 is 0 Å². The number of rotatable bonds is 8. The molecule has 0 bridgehead atoms. The Morgan fingerprint density at radius 3 is 2.57 bits per heavy atom. The quantitative estimate of drug-likeness (QED) is 0.576. The molecule has 1 aromatic carbocycles. The van der Waals surface area contributed by atoms with E-state index in [4.69, 9.17) is 4.74 Å². The highest BCUT2D eigenvalue weighted by molar-refractivity contribution is 5.79. The third kappa shape index (κ3) is 6.23. The van der Waals surface area contributed by atoms with E-state index in [-0.39, 0.29) is 37.3 Å². The van der Waals surface area contributed by atoms with Gasteiger partial charge < -0.3 is 20.5 Å². The minimum atomic E-state index is -0.618. The summed E-state index contributed by atoms with van der Waals surface area (Å²) in [5.41, 5.74) is 1.69. The van der Waals surface area contributed by atoms with E-state index in [0.717, 1.165) is 5.56 Å². The molecular formula is C23H27N3O4. The number of carbonyl (C=O) groups is 2. The van der Waals surface area contributed by atoms with Crippen molar-refractivity contribution < 1.29 is 19.4 Å². The lowest BCUT2D eigenvalue weighted by Crippen LogP contribution is -2.49. The van der Waals surface area contributed by atoms with Gasteiger partial charge in [0.05, 0.1) is 37.6 Å². The number of carbonyl (C=O) groups excluding carboxylic acids is 2. The van der Waals surface area contributed by atoms with Gasteiger partial charge in [0.15, 0.2) is 0 Å². The van der Waals surface area contributed by atoms with Gasteiger partial charge in [-0.05, 0) is 24.6 Å². The van der Waals surface area contributed by atoms with Gasteiger partial charge in [-0.2, -0.15) is 0 Å². The Morgan fingerprint density at radius 1 is 1.10 bits per heavy atom. The van der Waals surface area contributed by atoms with Gasteiger partial charge in [-0.15, -0.1) is 0 Å². The van der Waals surface area contributed by atoms with Crippen LogP contribution < -0.4 is 10.6 Å². The predicted octanol–water partition coefficient (Wildman–Crippen LogP) is 1.69. The largest absolute Gasteiger partial charge is 0.394 e. The summed E-state index contributed by atoms with van der Waals surface area (Å²) in [5.74, 6) is -0.353. The second-order valence-corrected chi connectivity index (χ2v) is 7.28. The highest BCUT2D eigenvalue weighted by Gasteiger charge is 2.29. The molecule has 0 saturated heterocycles. The van der Waals surface area contributed by atoms with Crippen LogP contribution in [0.4, 0.5) is 0 Å². The fraction of sp³-hybridized carbons (Fsp3) is 0.348. The topological polar surface area (TPSA) is 101 Å². The lowest BCUT2D eigenvalue weighted by Gasteiger charge is -2.31. The second-order valence-electron chi connectivity index (χ2n) is 7.28. The van der Waals surface area contributed by atoms with Crippen LogP contribution in [-0.4, -0.2) is 46.8 Å². The lowest BCUT2D eigenvalue weighted by molar-refractivity contribution is -0.128. The maximum atomic E-state index is 12.4. The van der Waals surface area contributed by atoms with Crippen LogP contribution in [0.1, 0.15) is 30.6 Å². The molecule has 0 fully saturated rings. The number of ether oxygens (including phenoxy) is 1. The van der Waals surface area contributed by atoms with E-state index in [1.54, 1.807) is 30.5 Å². The van der Waals surface area contributed by atoms with Crippen molar-refractivity contribution in [3.05, 3.63) is 78.1 Å². The first-order chi connectivity index (χ1) is 14.5. The molecular weight excluding hydrogens is 382 g/mol. The van der Waals surface area contributed by atoms with Gasteiger partial charge in [0, 0.05) is 11.9 Å². The van der Waals surface area contributed by atoms with Crippen molar-refractivity contribution in [2.24, 2.45) is 0 Å². The zero-order chi connectivity index (χ0) is 21.3. The van der Waals surface area contributed by atoms with Crippen molar-refractivity contribution in [3.63, 3.8) is 0 Å². The third-order valence-electron chi connectivity index (χ3n) is 4.92. The van der Waals surface area contributed by atoms with E-state index in [2.05, 4.69) is 15.6 Å². The number of benzene rings is 1. The smallest absolute Gasteiger partial charge is 0.226 e. The zero-order valence-corrected chi connectivity index (χ0v) is 16.9. The molecule has 1 aliphatic rings. The molecule has 0 aliphatic carbocycles. The van der Waals surface area contributed by atoms with Crippen molar-refractivity contribution >= 4 is 11.8 Å². The maximum absolute atomic E-state index is 12.4. The number of pyridine rings is 1. The van der Waals surface area contributed by atoms with Crippen molar-refractivity contribution in [3.8, 4) is 0 Å².